The first-order valence-corrected chi connectivity index (χ1v) is 7.59. The topological polar surface area (TPSA) is 97.1 Å². The number of anilines is 1. The summed E-state index contributed by atoms with van der Waals surface area (Å²) >= 11 is 0. The van der Waals surface area contributed by atoms with Crippen LogP contribution in [0.15, 0.2) is 30.5 Å². The van der Waals surface area contributed by atoms with Crippen molar-refractivity contribution in [1.29, 1.82) is 0 Å². The molecule has 1 aliphatic rings. The van der Waals surface area contributed by atoms with Crippen molar-refractivity contribution in [3.05, 3.63) is 36.2 Å². The maximum Gasteiger partial charge on any atom is 0.358 e. The molecule has 0 saturated heterocycles. The maximum absolute atomic E-state index is 12.0. The van der Waals surface area contributed by atoms with Crippen molar-refractivity contribution in [3.8, 4) is 5.69 Å². The van der Waals surface area contributed by atoms with E-state index in [9.17, 15) is 9.59 Å². The molecule has 0 aliphatic heterocycles. The van der Waals surface area contributed by atoms with Crippen molar-refractivity contribution in [2.75, 3.05) is 5.32 Å². The fourth-order valence-corrected chi connectivity index (χ4v) is 2.52. The van der Waals surface area contributed by atoms with E-state index < -0.39 is 5.97 Å². The van der Waals surface area contributed by atoms with Crippen LogP contribution in [0.2, 0.25) is 0 Å². The Balaban J connectivity index is 1.61. The number of hydrogen-bond acceptors (Lipinski definition) is 4. The van der Waals surface area contributed by atoms with Crippen LogP contribution in [0.25, 0.3) is 5.69 Å². The number of hydrogen-bond donors (Lipinski definition) is 2. The van der Waals surface area contributed by atoms with E-state index in [2.05, 4.69) is 22.6 Å². The van der Waals surface area contributed by atoms with Crippen LogP contribution in [0, 0.1) is 11.8 Å². The third-order valence-corrected chi connectivity index (χ3v) is 4.06. The summed E-state index contributed by atoms with van der Waals surface area (Å²) in [7, 11) is 0. The molecule has 1 aliphatic carbocycles. The van der Waals surface area contributed by atoms with Gasteiger partial charge in [-0.05, 0) is 48.9 Å². The lowest BCUT2D eigenvalue weighted by Gasteiger charge is -2.10. The quantitative estimate of drug-likeness (QED) is 0.853. The molecular weight excluding hydrogens is 296 g/mol. The molecule has 1 aromatic carbocycles. The number of carboxylic acid groups (broad SMARTS) is 1. The molecule has 0 radical (unpaired) electrons. The molecule has 7 nitrogen and oxygen atoms in total. The third-order valence-electron chi connectivity index (χ3n) is 4.06. The molecule has 1 fully saturated rings. The van der Waals surface area contributed by atoms with E-state index in [1.54, 1.807) is 24.3 Å². The molecule has 120 valence electrons. The van der Waals surface area contributed by atoms with Crippen LogP contribution in [0.4, 0.5) is 5.69 Å². The predicted molar refractivity (Wildman–Crippen MR) is 83.5 cm³/mol. The number of carbonyl (C=O) groups is 2. The SMILES string of the molecule is C[C@H](CC(=O)Nc1ccc(-n2cc(C(=O)O)nn2)cc1)C1CC1. The van der Waals surface area contributed by atoms with Gasteiger partial charge < -0.3 is 10.4 Å². The Morgan fingerprint density at radius 1 is 1.35 bits per heavy atom. The van der Waals surface area contributed by atoms with Gasteiger partial charge in [-0.2, -0.15) is 0 Å². The highest BCUT2D eigenvalue weighted by Crippen LogP contribution is 2.38. The first-order chi connectivity index (χ1) is 11.0. The van der Waals surface area contributed by atoms with Gasteiger partial charge in [0.25, 0.3) is 0 Å². The highest BCUT2D eigenvalue weighted by molar-refractivity contribution is 5.91. The number of carbonyl (C=O) groups excluding carboxylic acids is 1. The number of benzene rings is 1. The summed E-state index contributed by atoms with van der Waals surface area (Å²) in [6.45, 7) is 2.12. The molecule has 0 unspecified atom stereocenters. The largest absolute Gasteiger partial charge is 0.476 e. The lowest BCUT2D eigenvalue weighted by molar-refractivity contribution is -0.117. The number of rotatable bonds is 6. The van der Waals surface area contributed by atoms with Crippen LogP contribution in [0.3, 0.4) is 0 Å². The number of amides is 1. The molecule has 1 saturated carbocycles. The van der Waals surface area contributed by atoms with E-state index in [-0.39, 0.29) is 11.6 Å². The van der Waals surface area contributed by atoms with Crippen molar-refractivity contribution < 1.29 is 14.7 Å². The Morgan fingerprint density at radius 3 is 2.61 bits per heavy atom. The average molecular weight is 314 g/mol. The summed E-state index contributed by atoms with van der Waals surface area (Å²) in [5, 5.41) is 19.0. The number of nitrogens with one attached hydrogen (secondary N) is 1. The van der Waals surface area contributed by atoms with Gasteiger partial charge in [-0.3, -0.25) is 4.79 Å². The molecule has 7 heteroatoms. The van der Waals surface area contributed by atoms with E-state index in [0.717, 1.165) is 0 Å². The molecule has 2 N–H and O–H groups in total. The Bertz CT molecular complexity index is 719. The third kappa shape index (κ3) is 3.74. The van der Waals surface area contributed by atoms with Crippen molar-refractivity contribution >= 4 is 17.6 Å². The second-order valence-electron chi connectivity index (χ2n) is 5.97. The normalized spacial score (nSPS) is 15.2. The van der Waals surface area contributed by atoms with Crippen molar-refractivity contribution in [1.82, 2.24) is 15.0 Å². The lowest BCUT2D eigenvalue weighted by atomic mass is 10.0. The summed E-state index contributed by atoms with van der Waals surface area (Å²) < 4.78 is 1.38. The zero-order chi connectivity index (χ0) is 16.4. The molecule has 0 bridgehead atoms. The van der Waals surface area contributed by atoms with Gasteiger partial charge >= 0.3 is 5.97 Å². The van der Waals surface area contributed by atoms with Gasteiger partial charge in [0.15, 0.2) is 5.69 Å². The average Bonchev–Trinajstić information content (AvgIpc) is 3.25. The van der Waals surface area contributed by atoms with Crippen LogP contribution in [-0.2, 0) is 4.79 Å². The van der Waals surface area contributed by atoms with Crippen molar-refractivity contribution in [3.63, 3.8) is 0 Å². The second-order valence-corrected chi connectivity index (χ2v) is 5.97. The van der Waals surface area contributed by atoms with Gasteiger partial charge in [0.2, 0.25) is 5.91 Å². The van der Waals surface area contributed by atoms with Crippen LogP contribution in [0.1, 0.15) is 36.7 Å². The lowest BCUT2D eigenvalue weighted by Crippen LogP contribution is -2.16. The van der Waals surface area contributed by atoms with E-state index >= 15 is 0 Å². The zero-order valence-corrected chi connectivity index (χ0v) is 12.8. The van der Waals surface area contributed by atoms with E-state index in [1.807, 2.05) is 0 Å². The Labute approximate surface area is 133 Å². The molecule has 1 heterocycles. The second kappa shape index (κ2) is 6.20. The summed E-state index contributed by atoms with van der Waals surface area (Å²) in [6, 6.07) is 7.02. The molecule has 1 amide bonds. The van der Waals surface area contributed by atoms with Gasteiger partial charge in [-0.1, -0.05) is 12.1 Å². The summed E-state index contributed by atoms with van der Waals surface area (Å²) in [5.41, 5.74) is 1.27. The smallest absolute Gasteiger partial charge is 0.358 e. The highest BCUT2D eigenvalue weighted by Gasteiger charge is 2.29. The molecule has 1 aromatic heterocycles. The van der Waals surface area contributed by atoms with E-state index in [1.165, 1.54) is 23.7 Å². The monoisotopic (exact) mass is 314 g/mol. The Morgan fingerprint density at radius 2 is 2.04 bits per heavy atom. The Hall–Kier alpha value is -2.70. The van der Waals surface area contributed by atoms with Gasteiger partial charge in [0, 0.05) is 12.1 Å². The zero-order valence-electron chi connectivity index (χ0n) is 12.8. The first kappa shape index (κ1) is 15.2. The summed E-state index contributed by atoms with van der Waals surface area (Å²) in [6.07, 6.45) is 4.35. The van der Waals surface area contributed by atoms with E-state index in [0.29, 0.717) is 29.6 Å². The summed E-state index contributed by atoms with van der Waals surface area (Å²) in [5.74, 6) is 0.0359. The predicted octanol–water partition coefficient (Wildman–Crippen LogP) is 2.34. The molecular formula is C16H18N4O3. The summed E-state index contributed by atoms with van der Waals surface area (Å²) in [4.78, 5) is 22.8. The minimum atomic E-state index is -1.12. The fourth-order valence-electron chi connectivity index (χ4n) is 2.52. The van der Waals surface area contributed by atoms with Crippen LogP contribution >= 0.6 is 0 Å². The van der Waals surface area contributed by atoms with Gasteiger partial charge in [-0.25, -0.2) is 9.48 Å². The maximum atomic E-state index is 12.0. The number of aromatic nitrogens is 3. The molecule has 1 atom stereocenters. The standard InChI is InChI=1S/C16H18N4O3/c1-10(11-2-3-11)8-15(21)17-12-4-6-13(7-5-12)20-9-14(16(22)23)18-19-20/h4-7,9-11H,2-3,8H2,1H3,(H,17,21)(H,22,23)/t10-/m1/s1. The van der Waals surface area contributed by atoms with Crippen LogP contribution < -0.4 is 5.32 Å². The molecule has 3 rings (SSSR count). The van der Waals surface area contributed by atoms with E-state index in [4.69, 9.17) is 5.11 Å². The molecule has 2 aromatic rings. The number of nitrogens with zero attached hydrogens (tertiary/aromatic N) is 3. The molecule has 23 heavy (non-hydrogen) atoms. The van der Waals surface area contributed by atoms with Crippen molar-refractivity contribution in [2.24, 2.45) is 11.8 Å². The highest BCUT2D eigenvalue weighted by atomic mass is 16.4. The minimum Gasteiger partial charge on any atom is -0.476 e. The van der Waals surface area contributed by atoms with Gasteiger partial charge in [0.05, 0.1) is 11.9 Å². The van der Waals surface area contributed by atoms with Crippen LogP contribution in [-0.4, -0.2) is 32.0 Å². The number of aromatic carboxylic acids is 1. The Kier molecular flexibility index (Phi) is 4.10. The first-order valence-electron chi connectivity index (χ1n) is 7.59. The molecule has 0 spiro atoms. The number of carboxylic acids is 1. The fraction of sp³-hybridized carbons (Fsp3) is 0.375. The van der Waals surface area contributed by atoms with Gasteiger partial charge in [0.1, 0.15) is 0 Å². The minimum absolute atomic E-state index is 0.0195. The van der Waals surface area contributed by atoms with Crippen LogP contribution in [0.5, 0.6) is 0 Å². The van der Waals surface area contributed by atoms with Gasteiger partial charge in [-0.15, -0.1) is 5.10 Å². The van der Waals surface area contributed by atoms with Crippen molar-refractivity contribution in [2.45, 2.75) is 26.2 Å².